The highest BCUT2D eigenvalue weighted by atomic mass is 16.3. The molecule has 1 aromatic heterocycles. The average molecular weight is 232 g/mol. The Hall–Kier alpha value is -1.13. The van der Waals surface area contributed by atoms with E-state index in [9.17, 15) is 4.79 Å². The standard InChI is InChI=1S/C13H16N2O2/c16-12-10-6-14-3-4-15(7-10)9-13(12,8-14)11-2-1-5-17-11/h1-2,5,10H,3-4,6-9H2. The van der Waals surface area contributed by atoms with Crippen molar-refractivity contribution in [3.63, 3.8) is 0 Å². The van der Waals surface area contributed by atoms with Crippen LogP contribution in [0, 0.1) is 5.92 Å². The van der Waals surface area contributed by atoms with Crippen LogP contribution in [0.4, 0.5) is 0 Å². The predicted molar refractivity (Wildman–Crippen MR) is 61.8 cm³/mol. The lowest BCUT2D eigenvalue weighted by Crippen LogP contribution is -2.63. The normalized spacial score (nSPS) is 44.0. The third-order valence-electron chi connectivity index (χ3n) is 4.51. The summed E-state index contributed by atoms with van der Waals surface area (Å²) in [7, 11) is 0. The van der Waals surface area contributed by atoms with Crippen molar-refractivity contribution < 1.29 is 9.21 Å². The maximum atomic E-state index is 12.6. The lowest BCUT2D eigenvalue weighted by molar-refractivity contribution is -0.138. The largest absolute Gasteiger partial charge is 0.468 e. The fourth-order valence-corrected chi connectivity index (χ4v) is 3.79. The fraction of sp³-hybridized carbons (Fsp3) is 0.615. The lowest BCUT2D eigenvalue weighted by Gasteiger charge is -2.46. The molecule has 0 N–H and O–H groups in total. The van der Waals surface area contributed by atoms with Gasteiger partial charge in [-0.2, -0.15) is 0 Å². The van der Waals surface area contributed by atoms with Gasteiger partial charge < -0.3 is 4.42 Å². The van der Waals surface area contributed by atoms with E-state index in [0.717, 1.165) is 45.0 Å². The SMILES string of the molecule is O=C1C2CN3CCN(C2)CC1(c1ccco1)C3. The second-order valence-corrected chi connectivity index (χ2v) is 5.59. The number of carbonyl (C=O) groups is 1. The number of ketones is 1. The predicted octanol–water partition coefficient (Wildman–Crippen LogP) is 0.348. The number of piperidine rings is 2. The van der Waals surface area contributed by atoms with Gasteiger partial charge in [0.05, 0.1) is 6.26 Å². The Bertz CT molecular complexity index is 438. The molecule has 4 fully saturated rings. The van der Waals surface area contributed by atoms with Crippen LogP contribution in [-0.2, 0) is 10.2 Å². The van der Waals surface area contributed by atoms with Crippen LogP contribution in [0.15, 0.2) is 22.8 Å². The summed E-state index contributed by atoms with van der Waals surface area (Å²) in [6.45, 7) is 5.74. The number of nitrogens with zero attached hydrogens (tertiary/aromatic N) is 2. The highest BCUT2D eigenvalue weighted by molar-refractivity contribution is 5.94. The minimum Gasteiger partial charge on any atom is -0.468 e. The van der Waals surface area contributed by atoms with Crippen LogP contribution >= 0.6 is 0 Å². The van der Waals surface area contributed by atoms with Crippen molar-refractivity contribution in [2.45, 2.75) is 5.41 Å². The molecule has 1 aromatic rings. The lowest BCUT2D eigenvalue weighted by atomic mass is 9.69. The molecule has 4 aliphatic rings. The van der Waals surface area contributed by atoms with Crippen LogP contribution < -0.4 is 0 Å². The smallest absolute Gasteiger partial charge is 0.154 e. The first kappa shape index (κ1) is 9.85. The molecule has 4 heteroatoms. The van der Waals surface area contributed by atoms with Crippen molar-refractivity contribution >= 4 is 5.78 Å². The van der Waals surface area contributed by atoms with Gasteiger partial charge in [-0.25, -0.2) is 0 Å². The van der Waals surface area contributed by atoms with E-state index in [1.165, 1.54) is 0 Å². The molecule has 4 saturated heterocycles. The fourth-order valence-electron chi connectivity index (χ4n) is 3.79. The minimum absolute atomic E-state index is 0.185. The van der Waals surface area contributed by atoms with Gasteiger partial charge in [0.2, 0.25) is 0 Å². The van der Waals surface area contributed by atoms with Crippen LogP contribution in [0.25, 0.3) is 0 Å². The van der Waals surface area contributed by atoms with E-state index < -0.39 is 0 Å². The van der Waals surface area contributed by atoms with Crippen LogP contribution in [-0.4, -0.2) is 54.9 Å². The summed E-state index contributed by atoms with van der Waals surface area (Å²) in [5, 5.41) is 0. The highest BCUT2D eigenvalue weighted by Gasteiger charge is 2.56. The van der Waals surface area contributed by atoms with Crippen molar-refractivity contribution in [3.8, 4) is 0 Å². The van der Waals surface area contributed by atoms with Gasteiger partial charge in [-0.15, -0.1) is 0 Å². The molecule has 0 amide bonds. The zero-order valence-corrected chi connectivity index (χ0v) is 9.76. The topological polar surface area (TPSA) is 36.7 Å². The van der Waals surface area contributed by atoms with Crippen molar-refractivity contribution in [2.75, 3.05) is 39.3 Å². The number of furan rings is 1. The Kier molecular flexibility index (Phi) is 1.86. The molecule has 5 heterocycles. The molecule has 0 aliphatic carbocycles. The molecule has 2 atom stereocenters. The number of fused-ring (bicyclic) bond motifs is 1. The molecule has 4 nitrogen and oxygen atoms in total. The monoisotopic (exact) mass is 232 g/mol. The summed E-state index contributed by atoms with van der Waals surface area (Å²) < 4.78 is 5.57. The summed E-state index contributed by atoms with van der Waals surface area (Å²) in [6.07, 6.45) is 1.68. The minimum atomic E-state index is -0.388. The molecule has 17 heavy (non-hydrogen) atoms. The van der Waals surface area contributed by atoms with E-state index in [2.05, 4.69) is 9.80 Å². The maximum Gasteiger partial charge on any atom is 0.154 e. The summed E-state index contributed by atoms with van der Waals surface area (Å²) in [5.74, 6) is 1.45. The molecule has 5 rings (SSSR count). The summed E-state index contributed by atoms with van der Waals surface area (Å²) >= 11 is 0. The molecule has 2 unspecified atom stereocenters. The molecular formula is C13H16N2O2. The van der Waals surface area contributed by atoms with Gasteiger partial charge >= 0.3 is 0 Å². The molecule has 0 spiro atoms. The molecule has 90 valence electrons. The van der Waals surface area contributed by atoms with Gasteiger partial charge in [0.25, 0.3) is 0 Å². The Morgan fingerprint density at radius 2 is 1.94 bits per heavy atom. The number of hydrogen-bond acceptors (Lipinski definition) is 4. The van der Waals surface area contributed by atoms with E-state index in [4.69, 9.17) is 4.42 Å². The quantitative estimate of drug-likeness (QED) is 0.700. The maximum absolute atomic E-state index is 12.6. The second kappa shape index (κ2) is 3.21. The van der Waals surface area contributed by atoms with E-state index >= 15 is 0 Å². The molecule has 4 aliphatic heterocycles. The van der Waals surface area contributed by atoms with Crippen molar-refractivity contribution in [1.29, 1.82) is 0 Å². The second-order valence-electron chi connectivity index (χ2n) is 5.59. The average Bonchev–Trinajstić information content (AvgIpc) is 2.72. The van der Waals surface area contributed by atoms with Gasteiger partial charge in [-0.1, -0.05) is 0 Å². The molecule has 0 aromatic carbocycles. The Morgan fingerprint density at radius 3 is 2.53 bits per heavy atom. The van der Waals surface area contributed by atoms with E-state index in [1.54, 1.807) is 6.26 Å². The zero-order valence-electron chi connectivity index (χ0n) is 9.76. The van der Waals surface area contributed by atoms with Gasteiger partial charge in [0.1, 0.15) is 11.2 Å². The number of carbonyl (C=O) groups excluding carboxylic acids is 1. The third-order valence-corrected chi connectivity index (χ3v) is 4.51. The van der Waals surface area contributed by atoms with Gasteiger partial charge in [0, 0.05) is 45.2 Å². The molecule has 0 radical (unpaired) electrons. The van der Waals surface area contributed by atoms with Crippen LogP contribution in [0.1, 0.15) is 5.76 Å². The van der Waals surface area contributed by atoms with E-state index in [-0.39, 0.29) is 11.3 Å². The zero-order chi connectivity index (χ0) is 11.5. The first-order chi connectivity index (χ1) is 8.28. The van der Waals surface area contributed by atoms with Gasteiger partial charge in [-0.05, 0) is 12.1 Å². The van der Waals surface area contributed by atoms with E-state index in [0.29, 0.717) is 5.78 Å². The summed E-state index contributed by atoms with van der Waals surface area (Å²) in [4.78, 5) is 17.5. The Balaban J connectivity index is 1.86. The molecule has 0 saturated carbocycles. The van der Waals surface area contributed by atoms with Gasteiger partial charge in [-0.3, -0.25) is 14.6 Å². The van der Waals surface area contributed by atoms with Crippen molar-refractivity contribution in [2.24, 2.45) is 5.92 Å². The number of rotatable bonds is 1. The Labute approximate surface area is 100 Å². The van der Waals surface area contributed by atoms with Crippen molar-refractivity contribution in [1.82, 2.24) is 9.80 Å². The third kappa shape index (κ3) is 1.22. The first-order valence-corrected chi connectivity index (χ1v) is 6.31. The highest BCUT2D eigenvalue weighted by Crippen LogP contribution is 2.40. The van der Waals surface area contributed by atoms with Gasteiger partial charge in [0.15, 0.2) is 5.78 Å². The first-order valence-electron chi connectivity index (χ1n) is 6.31. The Morgan fingerprint density at radius 1 is 1.24 bits per heavy atom. The van der Waals surface area contributed by atoms with Crippen LogP contribution in [0.3, 0.4) is 0 Å². The van der Waals surface area contributed by atoms with Crippen molar-refractivity contribution in [3.05, 3.63) is 24.2 Å². The van der Waals surface area contributed by atoms with Crippen LogP contribution in [0.2, 0.25) is 0 Å². The summed E-state index contributed by atoms with van der Waals surface area (Å²) in [6, 6.07) is 3.86. The van der Waals surface area contributed by atoms with Crippen LogP contribution in [0.5, 0.6) is 0 Å². The number of hydrogen-bond donors (Lipinski definition) is 0. The van der Waals surface area contributed by atoms with E-state index in [1.807, 2.05) is 12.1 Å². The summed E-state index contributed by atoms with van der Waals surface area (Å²) in [5.41, 5.74) is -0.388. The molecular weight excluding hydrogens is 216 g/mol. The molecule has 4 bridgehead atoms. The number of Topliss-reactive ketones (excluding diaryl/α,β-unsaturated/α-hetero) is 1.